The predicted octanol–water partition coefficient (Wildman–Crippen LogP) is 2.69. The fourth-order valence-corrected chi connectivity index (χ4v) is 1.63. The molecule has 0 unspecified atom stereocenters. The minimum Gasteiger partial charge on any atom is -0.326 e. The number of hydrogen-bond donors (Lipinski definition) is 1. The van der Waals surface area contributed by atoms with Gasteiger partial charge in [-0.2, -0.15) is 0 Å². The van der Waals surface area contributed by atoms with Crippen molar-refractivity contribution in [1.82, 2.24) is 0 Å². The Morgan fingerprint density at radius 2 is 2.00 bits per heavy atom. The van der Waals surface area contributed by atoms with Crippen LogP contribution in [0.4, 0.5) is 0 Å². The maximum Gasteiger partial charge on any atom is 0.00970 e. The summed E-state index contributed by atoms with van der Waals surface area (Å²) in [6.07, 6.45) is 8.35. The zero-order chi connectivity index (χ0) is 8.32. The first kappa shape index (κ1) is 9.05. The van der Waals surface area contributed by atoms with Crippen molar-refractivity contribution in [2.45, 2.75) is 57.9 Å². The Bertz CT molecular complexity index is 109. The van der Waals surface area contributed by atoms with Gasteiger partial charge in [0.15, 0.2) is 0 Å². The minimum absolute atomic E-state index is 0.0593. The van der Waals surface area contributed by atoms with E-state index in [0.717, 1.165) is 5.92 Å². The highest BCUT2D eigenvalue weighted by Gasteiger charge is 2.18. The smallest absolute Gasteiger partial charge is 0.00970 e. The Labute approximate surface area is 70.4 Å². The molecule has 1 heteroatoms. The van der Waals surface area contributed by atoms with Gasteiger partial charge in [-0.05, 0) is 26.2 Å². The van der Waals surface area contributed by atoms with Gasteiger partial charge in [0.1, 0.15) is 0 Å². The monoisotopic (exact) mass is 155 g/mol. The van der Waals surface area contributed by atoms with Crippen LogP contribution in [-0.2, 0) is 0 Å². The lowest BCUT2D eigenvalue weighted by molar-refractivity contribution is 0.277. The molecule has 0 spiro atoms. The molecule has 0 amide bonds. The van der Waals surface area contributed by atoms with Crippen LogP contribution in [0.5, 0.6) is 0 Å². The molecule has 0 aromatic heterocycles. The molecular formula is C10H21N. The van der Waals surface area contributed by atoms with Crippen LogP contribution in [0.3, 0.4) is 0 Å². The summed E-state index contributed by atoms with van der Waals surface area (Å²) in [6.45, 7) is 4.24. The summed E-state index contributed by atoms with van der Waals surface area (Å²) in [5, 5.41) is 0. The highest BCUT2D eigenvalue weighted by Crippen LogP contribution is 2.31. The maximum absolute atomic E-state index is 5.88. The number of hydrogen-bond acceptors (Lipinski definition) is 1. The van der Waals surface area contributed by atoms with Crippen molar-refractivity contribution in [3.8, 4) is 0 Å². The minimum atomic E-state index is 0.0593. The Morgan fingerprint density at radius 1 is 1.36 bits per heavy atom. The lowest BCUT2D eigenvalue weighted by atomic mass is 9.81. The van der Waals surface area contributed by atoms with Gasteiger partial charge in [-0.3, -0.25) is 0 Å². The second-order valence-corrected chi connectivity index (χ2v) is 4.68. The first-order chi connectivity index (χ1) is 5.08. The van der Waals surface area contributed by atoms with Crippen LogP contribution in [0.25, 0.3) is 0 Å². The molecule has 1 aliphatic rings. The normalized spacial score (nSPS) is 19.9. The summed E-state index contributed by atoms with van der Waals surface area (Å²) in [7, 11) is 0. The standard InChI is InChI=1S/C10H21N/c1-10(2,11)8-4-7-9-5-3-6-9/h9H,3-8,11H2,1-2H3. The third kappa shape index (κ3) is 3.76. The van der Waals surface area contributed by atoms with Crippen molar-refractivity contribution >= 4 is 0 Å². The third-order valence-corrected chi connectivity index (χ3v) is 2.66. The summed E-state index contributed by atoms with van der Waals surface area (Å²) >= 11 is 0. The SMILES string of the molecule is CC(C)(N)CCCC1CCC1. The first-order valence-electron chi connectivity index (χ1n) is 4.87. The molecule has 1 saturated carbocycles. The molecule has 0 radical (unpaired) electrons. The highest BCUT2D eigenvalue weighted by molar-refractivity contribution is 4.74. The third-order valence-electron chi connectivity index (χ3n) is 2.66. The van der Waals surface area contributed by atoms with Gasteiger partial charge in [0.25, 0.3) is 0 Å². The quantitative estimate of drug-likeness (QED) is 0.663. The summed E-state index contributed by atoms with van der Waals surface area (Å²) in [4.78, 5) is 0. The van der Waals surface area contributed by atoms with Crippen LogP contribution in [-0.4, -0.2) is 5.54 Å². The van der Waals surface area contributed by atoms with Crippen molar-refractivity contribution in [3.63, 3.8) is 0 Å². The largest absolute Gasteiger partial charge is 0.326 e. The topological polar surface area (TPSA) is 26.0 Å². The molecule has 0 aliphatic heterocycles. The van der Waals surface area contributed by atoms with Gasteiger partial charge in [0.05, 0.1) is 0 Å². The van der Waals surface area contributed by atoms with E-state index in [4.69, 9.17) is 5.73 Å². The fourth-order valence-electron chi connectivity index (χ4n) is 1.63. The zero-order valence-corrected chi connectivity index (χ0v) is 7.90. The summed E-state index contributed by atoms with van der Waals surface area (Å²) < 4.78 is 0. The fraction of sp³-hybridized carbons (Fsp3) is 1.00. The van der Waals surface area contributed by atoms with Crippen LogP contribution in [0.1, 0.15) is 52.4 Å². The van der Waals surface area contributed by atoms with E-state index in [1.165, 1.54) is 38.5 Å². The molecule has 66 valence electrons. The molecule has 1 nitrogen and oxygen atoms in total. The Balaban J connectivity index is 1.95. The molecule has 1 fully saturated rings. The Morgan fingerprint density at radius 3 is 2.36 bits per heavy atom. The van der Waals surface area contributed by atoms with Gasteiger partial charge in [0, 0.05) is 5.54 Å². The number of rotatable bonds is 4. The number of nitrogens with two attached hydrogens (primary N) is 1. The molecule has 0 aromatic carbocycles. The van der Waals surface area contributed by atoms with Crippen LogP contribution < -0.4 is 5.73 Å². The van der Waals surface area contributed by atoms with Gasteiger partial charge in [-0.25, -0.2) is 0 Å². The second kappa shape index (κ2) is 3.57. The average molecular weight is 155 g/mol. The first-order valence-corrected chi connectivity index (χ1v) is 4.87. The summed E-state index contributed by atoms with van der Waals surface area (Å²) in [5.74, 6) is 1.05. The van der Waals surface area contributed by atoms with Gasteiger partial charge >= 0.3 is 0 Å². The lowest BCUT2D eigenvalue weighted by Crippen LogP contribution is -2.31. The van der Waals surface area contributed by atoms with Crippen molar-refractivity contribution in [2.75, 3.05) is 0 Å². The molecule has 11 heavy (non-hydrogen) atoms. The van der Waals surface area contributed by atoms with Crippen molar-refractivity contribution in [2.24, 2.45) is 11.7 Å². The van der Waals surface area contributed by atoms with E-state index in [0.29, 0.717) is 0 Å². The Hall–Kier alpha value is -0.0400. The summed E-state index contributed by atoms with van der Waals surface area (Å²) in [6, 6.07) is 0. The van der Waals surface area contributed by atoms with Crippen LogP contribution >= 0.6 is 0 Å². The molecule has 2 N–H and O–H groups in total. The van der Waals surface area contributed by atoms with Crippen molar-refractivity contribution < 1.29 is 0 Å². The average Bonchev–Trinajstić information content (AvgIpc) is 1.73. The maximum atomic E-state index is 5.88. The van der Waals surface area contributed by atoms with Crippen molar-refractivity contribution in [1.29, 1.82) is 0 Å². The van der Waals surface area contributed by atoms with Crippen LogP contribution in [0.2, 0.25) is 0 Å². The molecule has 1 rings (SSSR count). The highest BCUT2D eigenvalue weighted by atomic mass is 14.7. The van der Waals surface area contributed by atoms with E-state index in [2.05, 4.69) is 13.8 Å². The van der Waals surface area contributed by atoms with Gasteiger partial charge in [-0.1, -0.05) is 32.1 Å². The molecule has 0 heterocycles. The van der Waals surface area contributed by atoms with Crippen LogP contribution in [0, 0.1) is 5.92 Å². The second-order valence-electron chi connectivity index (χ2n) is 4.68. The van der Waals surface area contributed by atoms with E-state index < -0.39 is 0 Å². The predicted molar refractivity (Wildman–Crippen MR) is 49.5 cm³/mol. The Kier molecular flexibility index (Phi) is 2.94. The van der Waals surface area contributed by atoms with Gasteiger partial charge in [-0.15, -0.1) is 0 Å². The molecule has 0 bridgehead atoms. The molecule has 1 aliphatic carbocycles. The van der Waals surface area contributed by atoms with Crippen LogP contribution in [0.15, 0.2) is 0 Å². The van der Waals surface area contributed by atoms with E-state index in [1.54, 1.807) is 0 Å². The van der Waals surface area contributed by atoms with E-state index >= 15 is 0 Å². The van der Waals surface area contributed by atoms with Gasteiger partial charge in [0.2, 0.25) is 0 Å². The molecule has 0 atom stereocenters. The molecular weight excluding hydrogens is 134 g/mol. The van der Waals surface area contributed by atoms with E-state index in [-0.39, 0.29) is 5.54 Å². The zero-order valence-electron chi connectivity index (χ0n) is 7.90. The van der Waals surface area contributed by atoms with Gasteiger partial charge < -0.3 is 5.73 Å². The lowest BCUT2D eigenvalue weighted by Gasteiger charge is -2.26. The molecule has 0 saturated heterocycles. The summed E-state index contributed by atoms with van der Waals surface area (Å²) in [5.41, 5.74) is 5.94. The van der Waals surface area contributed by atoms with E-state index in [1.807, 2.05) is 0 Å². The van der Waals surface area contributed by atoms with E-state index in [9.17, 15) is 0 Å². The molecule has 0 aromatic rings. The van der Waals surface area contributed by atoms with Crippen molar-refractivity contribution in [3.05, 3.63) is 0 Å².